The monoisotopic (exact) mass is 408 g/mol. The molecule has 0 aliphatic carbocycles. The summed E-state index contributed by atoms with van der Waals surface area (Å²) in [6.45, 7) is 0.676. The summed E-state index contributed by atoms with van der Waals surface area (Å²) in [5.74, 6) is -1.17. The lowest BCUT2D eigenvalue weighted by atomic mass is 9.90. The van der Waals surface area contributed by atoms with Crippen LogP contribution in [0.25, 0.3) is 0 Å². The lowest BCUT2D eigenvalue weighted by molar-refractivity contribution is 0.0374. The van der Waals surface area contributed by atoms with E-state index in [0.29, 0.717) is 29.2 Å². The molecule has 2 aromatic heterocycles. The molecule has 1 saturated heterocycles. The lowest BCUT2D eigenvalue weighted by Gasteiger charge is -2.40. The third kappa shape index (κ3) is 2.40. The van der Waals surface area contributed by atoms with Crippen LogP contribution in [-0.4, -0.2) is 44.7 Å². The van der Waals surface area contributed by atoms with E-state index < -0.39 is 11.6 Å². The van der Waals surface area contributed by atoms with Crippen LogP contribution in [0.1, 0.15) is 31.8 Å². The first-order valence-corrected chi connectivity index (χ1v) is 9.37. The molecule has 2 amide bonds. The van der Waals surface area contributed by atoms with E-state index in [4.69, 9.17) is 11.6 Å². The third-order valence-corrected chi connectivity index (χ3v) is 5.72. The SMILES string of the molecule is O=C(c1ccc(F)nc1)N1CCN2C(=O)c3ccncc3C12c1ccc(Cl)cc1. The minimum Gasteiger partial charge on any atom is -0.306 e. The Hall–Kier alpha value is -3.32. The number of fused-ring (bicyclic) bond motifs is 3. The lowest BCUT2D eigenvalue weighted by Crippen LogP contribution is -2.51. The zero-order chi connectivity index (χ0) is 20.2. The summed E-state index contributed by atoms with van der Waals surface area (Å²) in [5, 5.41) is 0.547. The minimum atomic E-state index is -1.14. The van der Waals surface area contributed by atoms with Crippen molar-refractivity contribution in [2.75, 3.05) is 13.1 Å². The Bertz CT molecular complexity index is 1140. The van der Waals surface area contributed by atoms with Crippen LogP contribution in [-0.2, 0) is 5.66 Å². The number of halogens is 2. The van der Waals surface area contributed by atoms with Gasteiger partial charge in [-0.3, -0.25) is 14.6 Å². The molecule has 1 aromatic carbocycles. The van der Waals surface area contributed by atoms with Gasteiger partial charge in [-0.15, -0.1) is 0 Å². The summed E-state index contributed by atoms with van der Waals surface area (Å²) in [6, 6.07) is 11.3. The van der Waals surface area contributed by atoms with Gasteiger partial charge in [-0.1, -0.05) is 23.7 Å². The molecule has 1 fully saturated rings. The summed E-state index contributed by atoms with van der Waals surface area (Å²) < 4.78 is 13.3. The smallest absolute Gasteiger partial charge is 0.257 e. The first kappa shape index (κ1) is 17.8. The summed E-state index contributed by atoms with van der Waals surface area (Å²) in [4.78, 5) is 37.7. The molecular formula is C21H14ClFN4O2. The molecule has 3 aromatic rings. The van der Waals surface area contributed by atoms with Gasteiger partial charge < -0.3 is 9.80 Å². The van der Waals surface area contributed by atoms with Crippen LogP contribution >= 0.6 is 11.6 Å². The van der Waals surface area contributed by atoms with Crippen molar-refractivity contribution in [3.05, 3.63) is 94.3 Å². The average Bonchev–Trinajstić information content (AvgIpc) is 3.25. The Morgan fingerprint density at radius 1 is 1.07 bits per heavy atom. The number of carbonyl (C=O) groups excluding carboxylic acids is 2. The molecule has 0 saturated carbocycles. The second-order valence-corrected chi connectivity index (χ2v) is 7.32. The molecule has 1 unspecified atom stereocenters. The van der Waals surface area contributed by atoms with Crippen molar-refractivity contribution in [3.8, 4) is 0 Å². The molecule has 6 nitrogen and oxygen atoms in total. The predicted molar refractivity (Wildman–Crippen MR) is 103 cm³/mol. The average molecular weight is 409 g/mol. The first-order valence-electron chi connectivity index (χ1n) is 8.99. The number of pyridine rings is 2. The number of hydrogen-bond acceptors (Lipinski definition) is 4. The van der Waals surface area contributed by atoms with Gasteiger partial charge in [0, 0.05) is 47.8 Å². The molecule has 2 aliphatic heterocycles. The molecule has 0 radical (unpaired) electrons. The second kappa shape index (κ2) is 6.35. The van der Waals surface area contributed by atoms with Crippen LogP contribution in [0.2, 0.25) is 5.02 Å². The van der Waals surface area contributed by atoms with Crippen LogP contribution in [0, 0.1) is 5.95 Å². The van der Waals surface area contributed by atoms with E-state index in [9.17, 15) is 14.0 Å². The zero-order valence-corrected chi connectivity index (χ0v) is 15.8. The zero-order valence-electron chi connectivity index (χ0n) is 15.0. The molecule has 1 atom stereocenters. The maximum Gasteiger partial charge on any atom is 0.257 e. The fourth-order valence-electron chi connectivity index (χ4n) is 4.27. The van der Waals surface area contributed by atoms with Crippen LogP contribution in [0.5, 0.6) is 0 Å². The Kier molecular flexibility index (Phi) is 3.89. The minimum absolute atomic E-state index is 0.162. The standard InChI is InChI=1S/C21H14ClFN4O2/c22-15-4-2-14(3-5-15)21-17-12-24-8-7-16(17)20(29)27(21)10-9-26(21)19(28)13-1-6-18(23)25-11-13/h1-8,11-12H,9-10H2. The van der Waals surface area contributed by atoms with Gasteiger partial charge in [-0.2, -0.15) is 4.39 Å². The van der Waals surface area contributed by atoms with Crippen LogP contribution < -0.4 is 0 Å². The number of amides is 2. The highest BCUT2D eigenvalue weighted by Gasteiger charge is 2.59. The van der Waals surface area contributed by atoms with Gasteiger partial charge in [0.25, 0.3) is 11.8 Å². The van der Waals surface area contributed by atoms with Crippen molar-refractivity contribution in [1.29, 1.82) is 0 Å². The van der Waals surface area contributed by atoms with E-state index in [1.807, 2.05) is 0 Å². The summed E-state index contributed by atoms with van der Waals surface area (Å²) >= 11 is 6.08. The molecule has 2 aliphatic rings. The fourth-order valence-corrected chi connectivity index (χ4v) is 4.39. The number of carbonyl (C=O) groups is 2. The van der Waals surface area contributed by atoms with Crippen LogP contribution in [0.3, 0.4) is 0 Å². The number of aromatic nitrogens is 2. The molecule has 144 valence electrons. The van der Waals surface area contributed by atoms with Gasteiger partial charge in [0.1, 0.15) is 0 Å². The van der Waals surface area contributed by atoms with E-state index in [0.717, 1.165) is 11.6 Å². The van der Waals surface area contributed by atoms with Crippen LogP contribution in [0.15, 0.2) is 61.1 Å². The fraction of sp³-hybridized carbons (Fsp3) is 0.143. The van der Waals surface area contributed by atoms with Crippen molar-refractivity contribution < 1.29 is 14.0 Å². The van der Waals surface area contributed by atoms with Gasteiger partial charge in [-0.05, 0) is 30.3 Å². The molecule has 0 bridgehead atoms. The predicted octanol–water partition coefficient (Wildman–Crippen LogP) is 3.08. The molecule has 8 heteroatoms. The maximum absolute atomic E-state index is 13.4. The quantitative estimate of drug-likeness (QED) is 0.611. The van der Waals surface area contributed by atoms with E-state index in [1.54, 1.807) is 52.5 Å². The van der Waals surface area contributed by atoms with E-state index in [-0.39, 0.29) is 17.4 Å². The summed E-state index contributed by atoms with van der Waals surface area (Å²) in [7, 11) is 0. The second-order valence-electron chi connectivity index (χ2n) is 6.88. The maximum atomic E-state index is 13.4. The molecule has 0 N–H and O–H groups in total. The first-order chi connectivity index (χ1) is 14.0. The van der Waals surface area contributed by atoms with Crippen molar-refractivity contribution in [3.63, 3.8) is 0 Å². The third-order valence-electron chi connectivity index (χ3n) is 5.47. The van der Waals surface area contributed by atoms with E-state index in [1.165, 1.54) is 12.3 Å². The normalized spacial score (nSPS) is 20.0. The Morgan fingerprint density at radius 3 is 2.59 bits per heavy atom. The molecule has 4 heterocycles. The highest BCUT2D eigenvalue weighted by Crippen LogP contribution is 2.49. The Balaban J connectivity index is 1.74. The number of benzene rings is 1. The van der Waals surface area contributed by atoms with Gasteiger partial charge in [0.2, 0.25) is 5.95 Å². The number of rotatable bonds is 2. The summed E-state index contributed by atoms with van der Waals surface area (Å²) in [5.41, 5.74) is 0.962. The Morgan fingerprint density at radius 2 is 1.86 bits per heavy atom. The molecular weight excluding hydrogens is 395 g/mol. The molecule has 5 rings (SSSR count). The highest BCUT2D eigenvalue weighted by molar-refractivity contribution is 6.30. The molecule has 0 spiro atoms. The largest absolute Gasteiger partial charge is 0.306 e. The van der Waals surface area contributed by atoms with Gasteiger partial charge in [0.15, 0.2) is 5.66 Å². The van der Waals surface area contributed by atoms with Crippen molar-refractivity contribution in [1.82, 2.24) is 19.8 Å². The van der Waals surface area contributed by atoms with E-state index >= 15 is 0 Å². The van der Waals surface area contributed by atoms with Crippen molar-refractivity contribution in [2.24, 2.45) is 0 Å². The van der Waals surface area contributed by atoms with Gasteiger partial charge >= 0.3 is 0 Å². The van der Waals surface area contributed by atoms with Gasteiger partial charge in [-0.25, -0.2) is 4.98 Å². The van der Waals surface area contributed by atoms with E-state index in [2.05, 4.69) is 9.97 Å². The highest BCUT2D eigenvalue weighted by atomic mass is 35.5. The van der Waals surface area contributed by atoms with Crippen molar-refractivity contribution >= 4 is 23.4 Å². The summed E-state index contributed by atoms with van der Waals surface area (Å²) in [6.07, 6.45) is 4.39. The molecule has 29 heavy (non-hydrogen) atoms. The number of nitrogens with zero attached hydrogens (tertiary/aromatic N) is 4. The van der Waals surface area contributed by atoms with Gasteiger partial charge in [0.05, 0.1) is 11.1 Å². The van der Waals surface area contributed by atoms with Crippen molar-refractivity contribution in [2.45, 2.75) is 5.66 Å². The van der Waals surface area contributed by atoms with Crippen LogP contribution in [0.4, 0.5) is 4.39 Å². The Labute approximate surface area is 170 Å². The number of hydrogen-bond donors (Lipinski definition) is 0. The topological polar surface area (TPSA) is 66.4 Å².